The van der Waals surface area contributed by atoms with E-state index in [1.807, 2.05) is 24.3 Å². The Morgan fingerprint density at radius 3 is 2.44 bits per heavy atom. The van der Waals surface area contributed by atoms with Gasteiger partial charge in [-0.25, -0.2) is 13.8 Å². The standard InChI is InChI=1S/C16H15Br2N3O3S/c1-25(23,24)21(15-4-2-3-14(18)9-15)11-16(22)20-19-10-12-5-7-13(17)8-6-12/h2-10H,11H2,1H3,(H,20,22)/b19-10+. The third kappa shape index (κ3) is 6.26. The van der Waals surface area contributed by atoms with E-state index >= 15 is 0 Å². The van der Waals surface area contributed by atoms with E-state index in [-0.39, 0.29) is 6.54 Å². The maximum Gasteiger partial charge on any atom is 0.260 e. The molecule has 0 saturated heterocycles. The van der Waals surface area contributed by atoms with Crippen LogP contribution in [0.15, 0.2) is 62.6 Å². The van der Waals surface area contributed by atoms with Gasteiger partial charge in [-0.15, -0.1) is 0 Å². The smallest absolute Gasteiger partial charge is 0.260 e. The second kappa shape index (κ2) is 8.59. The highest BCUT2D eigenvalue weighted by Crippen LogP contribution is 2.21. The molecule has 132 valence electrons. The minimum absolute atomic E-state index is 0.368. The number of benzene rings is 2. The molecule has 0 aliphatic carbocycles. The van der Waals surface area contributed by atoms with Gasteiger partial charge in [-0.05, 0) is 35.9 Å². The van der Waals surface area contributed by atoms with Crippen molar-refractivity contribution in [3.8, 4) is 0 Å². The maximum absolute atomic E-state index is 12.1. The van der Waals surface area contributed by atoms with Crippen LogP contribution in [0.3, 0.4) is 0 Å². The monoisotopic (exact) mass is 487 g/mol. The molecule has 0 aliphatic rings. The molecular weight excluding hydrogens is 474 g/mol. The van der Waals surface area contributed by atoms with Gasteiger partial charge < -0.3 is 0 Å². The summed E-state index contributed by atoms with van der Waals surface area (Å²) in [6.45, 7) is -0.368. The molecule has 0 aromatic heterocycles. The van der Waals surface area contributed by atoms with Gasteiger partial charge >= 0.3 is 0 Å². The van der Waals surface area contributed by atoms with Crippen LogP contribution in [0.5, 0.6) is 0 Å². The van der Waals surface area contributed by atoms with Gasteiger partial charge in [0.05, 0.1) is 18.2 Å². The van der Waals surface area contributed by atoms with Crippen molar-refractivity contribution >= 4 is 59.7 Å². The van der Waals surface area contributed by atoms with Gasteiger partial charge in [-0.1, -0.05) is 50.1 Å². The lowest BCUT2D eigenvalue weighted by Crippen LogP contribution is -2.39. The Hall–Kier alpha value is -1.71. The van der Waals surface area contributed by atoms with E-state index in [0.717, 1.165) is 20.6 Å². The molecule has 6 nitrogen and oxygen atoms in total. The fraction of sp³-hybridized carbons (Fsp3) is 0.125. The highest BCUT2D eigenvalue weighted by atomic mass is 79.9. The first-order valence-corrected chi connectivity index (χ1v) is 10.5. The SMILES string of the molecule is CS(=O)(=O)N(CC(=O)N/N=C/c1ccc(Br)cc1)c1cccc(Br)c1. The van der Waals surface area contributed by atoms with Crippen molar-refractivity contribution in [2.45, 2.75) is 0 Å². The average Bonchev–Trinajstić information content (AvgIpc) is 2.53. The molecule has 2 aromatic carbocycles. The molecule has 25 heavy (non-hydrogen) atoms. The van der Waals surface area contributed by atoms with Crippen molar-refractivity contribution < 1.29 is 13.2 Å². The van der Waals surface area contributed by atoms with Gasteiger partial charge in [0.25, 0.3) is 5.91 Å². The zero-order valence-corrected chi connectivity index (χ0v) is 17.2. The van der Waals surface area contributed by atoms with E-state index in [4.69, 9.17) is 0 Å². The molecule has 1 N–H and O–H groups in total. The van der Waals surface area contributed by atoms with Crippen molar-refractivity contribution in [3.63, 3.8) is 0 Å². The lowest BCUT2D eigenvalue weighted by Gasteiger charge is -2.21. The van der Waals surface area contributed by atoms with Gasteiger partial charge in [0.1, 0.15) is 6.54 Å². The summed E-state index contributed by atoms with van der Waals surface area (Å²) in [5, 5.41) is 3.85. The zero-order chi connectivity index (χ0) is 18.4. The molecule has 9 heteroatoms. The van der Waals surface area contributed by atoms with Crippen molar-refractivity contribution in [2.24, 2.45) is 5.10 Å². The van der Waals surface area contributed by atoms with E-state index in [1.165, 1.54) is 6.21 Å². The molecule has 0 saturated carbocycles. The number of carbonyl (C=O) groups is 1. The second-order valence-corrected chi connectivity index (χ2v) is 8.83. The summed E-state index contributed by atoms with van der Waals surface area (Å²) in [7, 11) is -3.62. The first kappa shape index (κ1) is 19.6. The number of hydrogen-bond donors (Lipinski definition) is 1. The highest BCUT2D eigenvalue weighted by Gasteiger charge is 2.20. The lowest BCUT2D eigenvalue weighted by atomic mass is 10.2. The predicted molar refractivity (Wildman–Crippen MR) is 106 cm³/mol. The van der Waals surface area contributed by atoms with Gasteiger partial charge in [0, 0.05) is 8.95 Å². The number of rotatable bonds is 6. The number of amides is 1. The Kier molecular flexibility index (Phi) is 6.74. The van der Waals surface area contributed by atoms with Gasteiger partial charge in [-0.3, -0.25) is 9.10 Å². The average molecular weight is 489 g/mol. The summed E-state index contributed by atoms with van der Waals surface area (Å²) in [5.74, 6) is -0.543. The van der Waals surface area contributed by atoms with Crippen LogP contribution >= 0.6 is 31.9 Å². The van der Waals surface area contributed by atoms with Crippen LogP contribution in [0.2, 0.25) is 0 Å². The molecule has 0 radical (unpaired) electrons. The number of nitrogens with one attached hydrogen (secondary N) is 1. The topological polar surface area (TPSA) is 78.8 Å². The normalized spacial score (nSPS) is 11.5. The maximum atomic E-state index is 12.1. The number of hydrogen-bond acceptors (Lipinski definition) is 4. The summed E-state index contributed by atoms with van der Waals surface area (Å²) in [6, 6.07) is 14.1. The van der Waals surface area contributed by atoms with Crippen LogP contribution in [-0.4, -0.2) is 33.3 Å². The number of carbonyl (C=O) groups excluding carboxylic acids is 1. The lowest BCUT2D eigenvalue weighted by molar-refractivity contribution is -0.119. The minimum Gasteiger partial charge on any atom is -0.271 e. The molecule has 2 aromatic rings. The Morgan fingerprint density at radius 2 is 1.84 bits per heavy atom. The number of hydrazone groups is 1. The van der Waals surface area contributed by atoms with E-state index in [1.54, 1.807) is 24.3 Å². The summed E-state index contributed by atoms with van der Waals surface area (Å²) >= 11 is 6.62. The first-order chi connectivity index (χ1) is 11.8. The molecule has 0 aliphatic heterocycles. The van der Waals surface area contributed by atoms with Crippen molar-refractivity contribution in [2.75, 3.05) is 17.1 Å². The molecule has 0 unspecified atom stereocenters. The number of nitrogens with zero attached hydrogens (tertiary/aromatic N) is 2. The molecule has 0 spiro atoms. The van der Waals surface area contributed by atoms with E-state index in [2.05, 4.69) is 42.4 Å². The van der Waals surface area contributed by atoms with Crippen molar-refractivity contribution in [3.05, 3.63) is 63.0 Å². The summed E-state index contributed by atoms with van der Waals surface area (Å²) < 4.78 is 26.7. The predicted octanol–water partition coefficient (Wildman–Crippen LogP) is 3.13. The third-order valence-corrected chi connectivity index (χ3v) is 5.22. The number of halogens is 2. The molecule has 0 fully saturated rings. The van der Waals surface area contributed by atoms with Crippen molar-refractivity contribution in [1.82, 2.24) is 5.43 Å². The van der Waals surface area contributed by atoms with Crippen LogP contribution in [-0.2, 0) is 14.8 Å². The Morgan fingerprint density at radius 1 is 1.16 bits per heavy atom. The molecule has 0 bridgehead atoms. The quantitative estimate of drug-likeness (QED) is 0.501. The van der Waals surface area contributed by atoms with Gasteiger partial charge in [-0.2, -0.15) is 5.10 Å². The fourth-order valence-electron chi connectivity index (χ4n) is 1.92. The summed E-state index contributed by atoms with van der Waals surface area (Å²) in [4.78, 5) is 12.1. The van der Waals surface area contributed by atoms with Crippen LogP contribution < -0.4 is 9.73 Å². The largest absolute Gasteiger partial charge is 0.271 e. The first-order valence-electron chi connectivity index (χ1n) is 7.06. The molecule has 1 amide bonds. The molecular formula is C16H15Br2N3O3S. The fourth-order valence-corrected chi connectivity index (χ4v) is 3.42. The third-order valence-electron chi connectivity index (χ3n) is 3.06. The number of sulfonamides is 1. The molecule has 0 heterocycles. The Bertz CT molecular complexity index is 884. The van der Waals surface area contributed by atoms with Crippen molar-refractivity contribution in [1.29, 1.82) is 0 Å². The van der Waals surface area contributed by atoms with Gasteiger partial charge in [0.2, 0.25) is 10.0 Å². The van der Waals surface area contributed by atoms with E-state index in [9.17, 15) is 13.2 Å². The van der Waals surface area contributed by atoms with Crippen LogP contribution in [0.1, 0.15) is 5.56 Å². The Labute approximate surface area is 163 Å². The Balaban J connectivity index is 2.06. The zero-order valence-electron chi connectivity index (χ0n) is 13.2. The van der Waals surface area contributed by atoms with Gasteiger partial charge in [0.15, 0.2) is 0 Å². The van der Waals surface area contributed by atoms with Crippen LogP contribution in [0.25, 0.3) is 0 Å². The summed E-state index contributed by atoms with van der Waals surface area (Å²) in [5.41, 5.74) is 3.53. The van der Waals surface area contributed by atoms with Crippen LogP contribution in [0, 0.1) is 0 Å². The minimum atomic E-state index is -3.62. The molecule has 0 atom stereocenters. The van der Waals surface area contributed by atoms with E-state index < -0.39 is 15.9 Å². The molecule has 2 rings (SSSR count). The van der Waals surface area contributed by atoms with E-state index in [0.29, 0.717) is 10.2 Å². The second-order valence-electron chi connectivity index (χ2n) is 5.09. The highest BCUT2D eigenvalue weighted by molar-refractivity contribution is 9.10. The number of anilines is 1. The summed E-state index contributed by atoms with van der Waals surface area (Å²) in [6.07, 6.45) is 2.53. The van der Waals surface area contributed by atoms with Crippen LogP contribution in [0.4, 0.5) is 5.69 Å².